The highest BCUT2D eigenvalue weighted by atomic mass is 19.1. The highest BCUT2D eigenvalue weighted by Crippen LogP contribution is 2.19. The van der Waals surface area contributed by atoms with Crippen LogP contribution in [0, 0.1) is 5.82 Å². The Kier molecular flexibility index (Phi) is 6.92. The monoisotopic (exact) mass is 415 g/mol. The van der Waals surface area contributed by atoms with Crippen LogP contribution in [-0.4, -0.2) is 52.9 Å². The average molecular weight is 416 g/mol. The molecular formula is C23H30FN3O3. The number of pyridine rings is 1. The fraction of sp³-hybridized carbons (Fsp3) is 0.478. The van der Waals surface area contributed by atoms with Gasteiger partial charge in [-0.3, -0.25) is 4.98 Å². The van der Waals surface area contributed by atoms with E-state index in [1.54, 1.807) is 17.0 Å². The molecule has 0 bridgehead atoms. The van der Waals surface area contributed by atoms with Gasteiger partial charge in [-0.25, -0.2) is 9.18 Å². The van der Waals surface area contributed by atoms with Gasteiger partial charge >= 0.3 is 6.09 Å². The molecule has 0 aliphatic carbocycles. The number of rotatable bonds is 5. The van der Waals surface area contributed by atoms with E-state index in [9.17, 15) is 9.18 Å². The van der Waals surface area contributed by atoms with Gasteiger partial charge in [-0.1, -0.05) is 12.1 Å². The van der Waals surface area contributed by atoms with E-state index in [2.05, 4.69) is 9.88 Å². The number of aromatic nitrogens is 1. The molecule has 7 heteroatoms. The number of aliphatic hydroxyl groups excluding tert-OH is 1. The first-order chi connectivity index (χ1) is 14.2. The topological polar surface area (TPSA) is 65.9 Å². The maximum Gasteiger partial charge on any atom is 0.410 e. The molecule has 1 amide bonds. The van der Waals surface area contributed by atoms with E-state index in [0.29, 0.717) is 37.1 Å². The number of ether oxygens (including phenoxy) is 1. The lowest BCUT2D eigenvalue weighted by Gasteiger charge is -2.36. The second kappa shape index (κ2) is 9.43. The number of amides is 1. The van der Waals surface area contributed by atoms with Crippen LogP contribution in [0.4, 0.5) is 14.9 Å². The molecule has 3 rings (SSSR count). The van der Waals surface area contributed by atoms with Crippen molar-refractivity contribution in [1.82, 2.24) is 9.88 Å². The zero-order valence-corrected chi connectivity index (χ0v) is 17.9. The van der Waals surface area contributed by atoms with Gasteiger partial charge in [0.2, 0.25) is 0 Å². The molecule has 0 radical (unpaired) electrons. The molecule has 0 saturated carbocycles. The number of nitrogens with zero attached hydrogens (tertiary/aromatic N) is 3. The molecule has 6 nitrogen and oxygen atoms in total. The third-order valence-corrected chi connectivity index (χ3v) is 5.06. The highest BCUT2D eigenvalue weighted by Gasteiger charge is 2.26. The molecule has 2 heterocycles. The van der Waals surface area contributed by atoms with Crippen molar-refractivity contribution >= 4 is 11.8 Å². The number of hydrogen-bond acceptors (Lipinski definition) is 5. The first kappa shape index (κ1) is 22.0. The summed E-state index contributed by atoms with van der Waals surface area (Å²) in [5.74, 6) is -0.291. The number of anilines is 1. The van der Waals surface area contributed by atoms with Crippen LogP contribution in [-0.2, 0) is 24.2 Å². The maximum absolute atomic E-state index is 14.1. The lowest BCUT2D eigenvalue weighted by Crippen LogP contribution is -2.50. The third kappa shape index (κ3) is 5.92. The van der Waals surface area contributed by atoms with Gasteiger partial charge in [0.1, 0.15) is 11.4 Å². The normalized spacial score (nSPS) is 14.7. The Morgan fingerprint density at radius 3 is 2.43 bits per heavy atom. The average Bonchev–Trinajstić information content (AvgIpc) is 2.72. The summed E-state index contributed by atoms with van der Waals surface area (Å²) in [6, 6.07) is 8.83. The second-order valence-electron chi connectivity index (χ2n) is 8.55. The van der Waals surface area contributed by atoms with E-state index in [0.717, 1.165) is 24.5 Å². The van der Waals surface area contributed by atoms with Crippen LogP contribution in [0.5, 0.6) is 0 Å². The zero-order chi connectivity index (χ0) is 21.7. The summed E-state index contributed by atoms with van der Waals surface area (Å²) >= 11 is 0. The summed E-state index contributed by atoms with van der Waals surface area (Å²) < 4.78 is 19.5. The van der Waals surface area contributed by atoms with Crippen LogP contribution in [0.25, 0.3) is 0 Å². The SMILES string of the molecule is CC(C)(C)OC(=O)N1CCN(c2ccc(CCc3ccc(CO)cc3F)nc2)CC1. The van der Waals surface area contributed by atoms with Gasteiger partial charge in [-0.15, -0.1) is 0 Å². The summed E-state index contributed by atoms with van der Waals surface area (Å²) in [6.07, 6.45) is 2.76. The van der Waals surface area contributed by atoms with Crippen molar-refractivity contribution in [2.45, 2.75) is 45.8 Å². The molecule has 1 aromatic heterocycles. The van der Waals surface area contributed by atoms with E-state index < -0.39 is 5.60 Å². The molecule has 162 valence electrons. The second-order valence-corrected chi connectivity index (χ2v) is 8.55. The highest BCUT2D eigenvalue weighted by molar-refractivity contribution is 5.68. The number of aliphatic hydroxyl groups is 1. The van der Waals surface area contributed by atoms with Gasteiger partial charge in [0.05, 0.1) is 18.5 Å². The maximum atomic E-state index is 14.1. The van der Waals surface area contributed by atoms with Gasteiger partial charge in [-0.05, 0) is 62.9 Å². The minimum absolute atomic E-state index is 0.160. The number of carbonyl (C=O) groups is 1. The van der Waals surface area contributed by atoms with Crippen LogP contribution < -0.4 is 4.90 Å². The lowest BCUT2D eigenvalue weighted by molar-refractivity contribution is 0.0240. The van der Waals surface area contributed by atoms with Crippen molar-refractivity contribution in [3.63, 3.8) is 0 Å². The number of hydrogen-bond donors (Lipinski definition) is 1. The van der Waals surface area contributed by atoms with Crippen LogP contribution in [0.2, 0.25) is 0 Å². The minimum Gasteiger partial charge on any atom is -0.444 e. The number of piperazine rings is 1. The predicted octanol–water partition coefficient (Wildman–Crippen LogP) is 3.56. The molecule has 1 aromatic carbocycles. The van der Waals surface area contributed by atoms with Gasteiger partial charge in [0.15, 0.2) is 0 Å². The minimum atomic E-state index is -0.488. The molecule has 1 saturated heterocycles. The Balaban J connectivity index is 1.51. The molecule has 30 heavy (non-hydrogen) atoms. The summed E-state index contributed by atoms with van der Waals surface area (Å²) in [6.45, 7) is 8.11. The van der Waals surface area contributed by atoms with E-state index in [1.165, 1.54) is 6.07 Å². The number of halogens is 1. The van der Waals surface area contributed by atoms with Crippen LogP contribution >= 0.6 is 0 Å². The Morgan fingerprint density at radius 2 is 1.87 bits per heavy atom. The third-order valence-electron chi connectivity index (χ3n) is 5.06. The number of carbonyl (C=O) groups excluding carboxylic acids is 1. The van der Waals surface area contributed by atoms with Crippen LogP contribution in [0.1, 0.15) is 37.6 Å². The summed E-state index contributed by atoms with van der Waals surface area (Å²) in [4.78, 5) is 20.6. The Bertz CT molecular complexity index is 857. The van der Waals surface area contributed by atoms with Crippen LogP contribution in [0.15, 0.2) is 36.5 Å². The molecule has 0 spiro atoms. The van der Waals surface area contributed by atoms with E-state index >= 15 is 0 Å². The summed E-state index contributed by atoms with van der Waals surface area (Å²) in [5.41, 5.74) is 2.62. The van der Waals surface area contributed by atoms with Gasteiger partial charge in [0.25, 0.3) is 0 Å². The zero-order valence-electron chi connectivity index (χ0n) is 17.9. The largest absolute Gasteiger partial charge is 0.444 e. The fourth-order valence-corrected chi connectivity index (χ4v) is 3.38. The Morgan fingerprint density at radius 1 is 1.13 bits per heavy atom. The lowest BCUT2D eigenvalue weighted by atomic mass is 10.0. The molecule has 1 N–H and O–H groups in total. The Labute approximate surface area is 177 Å². The van der Waals surface area contributed by atoms with Gasteiger partial charge < -0.3 is 19.6 Å². The molecule has 1 fully saturated rings. The molecule has 1 aliphatic heterocycles. The number of benzene rings is 1. The number of aryl methyl sites for hydroxylation is 2. The predicted molar refractivity (Wildman–Crippen MR) is 114 cm³/mol. The van der Waals surface area contributed by atoms with Crippen LogP contribution in [0.3, 0.4) is 0 Å². The van der Waals surface area contributed by atoms with Crippen molar-refractivity contribution in [2.75, 3.05) is 31.1 Å². The van der Waals surface area contributed by atoms with Crippen molar-refractivity contribution in [1.29, 1.82) is 0 Å². The summed E-state index contributed by atoms with van der Waals surface area (Å²) in [7, 11) is 0. The van der Waals surface area contributed by atoms with E-state index in [4.69, 9.17) is 9.84 Å². The Hall–Kier alpha value is -2.67. The smallest absolute Gasteiger partial charge is 0.410 e. The van der Waals surface area contributed by atoms with Gasteiger partial charge in [0, 0.05) is 31.9 Å². The van der Waals surface area contributed by atoms with Crippen molar-refractivity contribution in [3.05, 3.63) is 59.2 Å². The molecule has 1 aliphatic rings. The van der Waals surface area contributed by atoms with Crippen molar-refractivity contribution < 1.29 is 19.0 Å². The van der Waals surface area contributed by atoms with Crippen molar-refractivity contribution in [3.8, 4) is 0 Å². The van der Waals surface area contributed by atoms with Gasteiger partial charge in [-0.2, -0.15) is 0 Å². The quantitative estimate of drug-likeness (QED) is 0.809. The molecule has 2 aromatic rings. The first-order valence-corrected chi connectivity index (χ1v) is 10.3. The molecule has 0 atom stereocenters. The fourth-order valence-electron chi connectivity index (χ4n) is 3.38. The molecular weight excluding hydrogens is 385 g/mol. The van der Waals surface area contributed by atoms with Crippen molar-refractivity contribution in [2.24, 2.45) is 0 Å². The van der Waals surface area contributed by atoms with E-state index in [-0.39, 0.29) is 18.5 Å². The standard InChI is InChI=1S/C23H30FN3O3/c1-23(2,3)30-22(29)27-12-10-26(11-13-27)20-9-8-19(25-15-20)7-6-18-5-4-17(16-28)14-21(18)24/h4-5,8-9,14-15,28H,6-7,10-13,16H2,1-3H3. The summed E-state index contributed by atoms with van der Waals surface area (Å²) in [5, 5.41) is 9.07. The van der Waals surface area contributed by atoms with E-state index in [1.807, 2.05) is 39.1 Å². The molecule has 0 unspecified atom stereocenters. The first-order valence-electron chi connectivity index (χ1n) is 10.3.